The van der Waals surface area contributed by atoms with Crippen LogP contribution in [-0.2, 0) is 9.59 Å². The molecule has 2 amide bonds. The zero-order chi connectivity index (χ0) is 19.4. The van der Waals surface area contributed by atoms with Crippen LogP contribution >= 0.6 is 23.2 Å². The molecule has 0 aliphatic rings. The van der Waals surface area contributed by atoms with Crippen LogP contribution in [0.5, 0.6) is 0 Å². The van der Waals surface area contributed by atoms with E-state index in [1.54, 1.807) is 60.7 Å². The molecule has 3 rings (SSSR count). The number of anilines is 4. The summed E-state index contributed by atoms with van der Waals surface area (Å²) in [4.78, 5) is 26.8. The van der Waals surface area contributed by atoms with Crippen LogP contribution < -0.4 is 16.0 Å². The molecule has 7 heteroatoms. The average molecular weight is 400 g/mol. The first-order valence-corrected chi connectivity index (χ1v) is 8.72. The Morgan fingerprint density at radius 3 is 2.15 bits per heavy atom. The lowest BCUT2D eigenvalue weighted by Gasteiger charge is -2.22. The number of rotatable bonds is 3. The highest BCUT2D eigenvalue weighted by molar-refractivity contribution is 6.46. The zero-order valence-corrected chi connectivity index (χ0v) is 15.5. The van der Waals surface area contributed by atoms with E-state index in [1.807, 2.05) is 6.07 Å². The molecule has 0 atom stereocenters. The maximum Gasteiger partial charge on any atom is 0.321 e. The van der Waals surface area contributed by atoms with Crippen molar-refractivity contribution in [1.82, 2.24) is 0 Å². The lowest BCUT2D eigenvalue weighted by molar-refractivity contribution is -0.134. The first kappa shape index (κ1) is 18.8. The number of amides is 2. The molecule has 3 aromatic carbocycles. The Balaban J connectivity index is 1.94. The Labute approximate surface area is 166 Å². The fourth-order valence-corrected chi connectivity index (χ4v) is 2.79. The fraction of sp³-hybridized carbons (Fsp3) is 0. The van der Waals surface area contributed by atoms with E-state index in [-0.39, 0.29) is 10.7 Å². The van der Waals surface area contributed by atoms with E-state index in [4.69, 9.17) is 28.9 Å². The maximum atomic E-state index is 12.9. The molecule has 0 spiro atoms. The van der Waals surface area contributed by atoms with Gasteiger partial charge in [-0.2, -0.15) is 0 Å². The van der Waals surface area contributed by atoms with Crippen LogP contribution in [0, 0.1) is 0 Å². The van der Waals surface area contributed by atoms with E-state index >= 15 is 0 Å². The van der Waals surface area contributed by atoms with Gasteiger partial charge in [-0.1, -0.05) is 41.4 Å². The van der Waals surface area contributed by atoms with Crippen molar-refractivity contribution in [3.05, 3.63) is 82.8 Å². The molecule has 0 radical (unpaired) electrons. The van der Waals surface area contributed by atoms with Gasteiger partial charge < -0.3 is 11.1 Å². The summed E-state index contributed by atoms with van der Waals surface area (Å²) in [5, 5.41) is 3.18. The molecule has 3 aromatic rings. The molecule has 0 aromatic heterocycles. The lowest BCUT2D eigenvalue weighted by atomic mass is 10.2. The normalized spacial score (nSPS) is 10.3. The van der Waals surface area contributed by atoms with Gasteiger partial charge in [0.25, 0.3) is 0 Å². The van der Waals surface area contributed by atoms with E-state index in [2.05, 4.69) is 5.32 Å². The molecule has 0 fully saturated rings. The number of para-hydroxylation sites is 1. The Morgan fingerprint density at radius 2 is 1.48 bits per heavy atom. The van der Waals surface area contributed by atoms with Gasteiger partial charge in [0, 0.05) is 22.1 Å². The number of nitrogens with two attached hydrogens (primary N) is 1. The summed E-state index contributed by atoms with van der Waals surface area (Å²) in [6.45, 7) is 0. The van der Waals surface area contributed by atoms with E-state index in [1.165, 1.54) is 11.0 Å². The third-order valence-corrected chi connectivity index (χ3v) is 4.30. The summed E-state index contributed by atoms with van der Waals surface area (Å²) in [6, 6.07) is 20.1. The summed E-state index contributed by atoms with van der Waals surface area (Å²) in [7, 11) is 0. The highest BCUT2D eigenvalue weighted by Gasteiger charge is 2.25. The van der Waals surface area contributed by atoms with Crippen LogP contribution in [-0.4, -0.2) is 11.8 Å². The molecule has 0 aliphatic heterocycles. The Morgan fingerprint density at radius 1 is 0.852 bits per heavy atom. The number of halogens is 2. The van der Waals surface area contributed by atoms with Gasteiger partial charge in [-0.3, -0.25) is 14.5 Å². The van der Waals surface area contributed by atoms with Crippen LogP contribution in [0.15, 0.2) is 72.8 Å². The predicted molar refractivity (Wildman–Crippen MR) is 110 cm³/mol. The molecule has 0 saturated carbocycles. The number of nitrogens with zero attached hydrogens (tertiary/aromatic N) is 1. The largest absolute Gasteiger partial charge is 0.399 e. The van der Waals surface area contributed by atoms with Crippen LogP contribution in [0.2, 0.25) is 10.0 Å². The standard InChI is InChI=1S/C20H15Cl2N3O2/c21-13-6-11-17(22)18(12-13)24-19(26)20(27)25(15-4-2-1-3-5-15)16-9-7-14(23)8-10-16/h1-12H,23H2,(H,24,26). The van der Waals surface area contributed by atoms with Gasteiger partial charge in [-0.15, -0.1) is 0 Å². The number of hydrogen-bond acceptors (Lipinski definition) is 3. The monoisotopic (exact) mass is 399 g/mol. The summed E-state index contributed by atoms with van der Waals surface area (Å²) < 4.78 is 0. The number of carbonyl (C=O) groups excluding carboxylic acids is 2. The van der Waals surface area contributed by atoms with Gasteiger partial charge in [0.1, 0.15) is 0 Å². The molecule has 0 saturated heterocycles. The summed E-state index contributed by atoms with van der Waals surface area (Å²) in [6.07, 6.45) is 0. The Kier molecular flexibility index (Phi) is 5.64. The molecule has 3 N–H and O–H groups in total. The SMILES string of the molecule is Nc1ccc(N(C(=O)C(=O)Nc2cc(Cl)ccc2Cl)c2ccccc2)cc1. The van der Waals surface area contributed by atoms with Crippen LogP contribution in [0.4, 0.5) is 22.7 Å². The molecular formula is C20H15Cl2N3O2. The van der Waals surface area contributed by atoms with Gasteiger partial charge in [0.05, 0.1) is 10.7 Å². The fourth-order valence-electron chi connectivity index (χ4n) is 2.45. The zero-order valence-electron chi connectivity index (χ0n) is 14.0. The van der Waals surface area contributed by atoms with Gasteiger partial charge >= 0.3 is 11.8 Å². The third kappa shape index (κ3) is 4.39. The third-order valence-electron chi connectivity index (χ3n) is 3.74. The minimum absolute atomic E-state index is 0.257. The van der Waals surface area contributed by atoms with E-state index in [9.17, 15) is 9.59 Å². The molecule has 27 heavy (non-hydrogen) atoms. The van der Waals surface area contributed by atoms with Crippen molar-refractivity contribution >= 4 is 57.8 Å². The van der Waals surface area contributed by atoms with Crippen molar-refractivity contribution in [2.75, 3.05) is 16.0 Å². The number of nitrogens with one attached hydrogen (secondary N) is 1. The highest BCUT2D eigenvalue weighted by Crippen LogP contribution is 2.28. The quantitative estimate of drug-likeness (QED) is 0.486. The minimum atomic E-state index is -0.847. The number of benzene rings is 3. The molecule has 0 bridgehead atoms. The van der Waals surface area contributed by atoms with Gasteiger partial charge in [0.2, 0.25) is 0 Å². The van der Waals surface area contributed by atoms with E-state index in [0.29, 0.717) is 22.1 Å². The van der Waals surface area contributed by atoms with Crippen molar-refractivity contribution in [3.8, 4) is 0 Å². The summed E-state index contributed by atoms with van der Waals surface area (Å²) >= 11 is 12.0. The minimum Gasteiger partial charge on any atom is -0.399 e. The molecule has 0 heterocycles. The molecular weight excluding hydrogens is 385 g/mol. The van der Waals surface area contributed by atoms with Gasteiger partial charge in [-0.25, -0.2) is 0 Å². The first-order valence-electron chi connectivity index (χ1n) is 7.97. The van der Waals surface area contributed by atoms with Crippen LogP contribution in [0.3, 0.4) is 0 Å². The summed E-state index contributed by atoms with van der Waals surface area (Å²) in [5.74, 6) is -1.62. The average Bonchev–Trinajstić information content (AvgIpc) is 2.67. The maximum absolute atomic E-state index is 12.9. The van der Waals surface area contributed by atoms with Crippen molar-refractivity contribution in [2.45, 2.75) is 0 Å². The van der Waals surface area contributed by atoms with Crippen molar-refractivity contribution in [1.29, 1.82) is 0 Å². The number of hydrogen-bond donors (Lipinski definition) is 2. The predicted octanol–water partition coefficient (Wildman–Crippen LogP) is 4.88. The van der Waals surface area contributed by atoms with Crippen LogP contribution in [0.1, 0.15) is 0 Å². The Hall–Kier alpha value is -3.02. The topological polar surface area (TPSA) is 75.4 Å². The smallest absolute Gasteiger partial charge is 0.321 e. The van der Waals surface area contributed by atoms with Crippen molar-refractivity contribution in [2.24, 2.45) is 0 Å². The van der Waals surface area contributed by atoms with Crippen molar-refractivity contribution in [3.63, 3.8) is 0 Å². The van der Waals surface area contributed by atoms with E-state index < -0.39 is 11.8 Å². The lowest BCUT2D eigenvalue weighted by Crippen LogP contribution is -2.36. The second-order valence-corrected chi connectivity index (χ2v) is 6.49. The van der Waals surface area contributed by atoms with Gasteiger partial charge in [0.15, 0.2) is 0 Å². The summed E-state index contributed by atoms with van der Waals surface area (Å²) in [5.41, 5.74) is 7.58. The molecule has 0 aliphatic carbocycles. The van der Waals surface area contributed by atoms with Gasteiger partial charge in [-0.05, 0) is 54.6 Å². The molecule has 136 valence electrons. The Bertz CT molecular complexity index is 976. The van der Waals surface area contributed by atoms with Crippen LogP contribution in [0.25, 0.3) is 0 Å². The highest BCUT2D eigenvalue weighted by atomic mass is 35.5. The molecule has 5 nitrogen and oxygen atoms in total. The number of nitrogen functional groups attached to an aromatic ring is 1. The number of carbonyl (C=O) groups is 2. The molecule has 0 unspecified atom stereocenters. The van der Waals surface area contributed by atoms with Crippen molar-refractivity contribution < 1.29 is 9.59 Å². The second kappa shape index (κ2) is 8.12. The van der Waals surface area contributed by atoms with E-state index in [0.717, 1.165) is 0 Å². The second-order valence-electron chi connectivity index (χ2n) is 5.65. The first-order chi connectivity index (χ1) is 13.0.